The predicted octanol–water partition coefficient (Wildman–Crippen LogP) is 2.45. The topological polar surface area (TPSA) is 127 Å². The van der Waals surface area contributed by atoms with E-state index in [1.807, 2.05) is 37.3 Å². The number of nitrogens with one attached hydrogen (secondary N) is 2. The Hall–Kier alpha value is -3.05. The van der Waals surface area contributed by atoms with Crippen LogP contribution >= 0.6 is 0 Å². The molecule has 0 saturated carbocycles. The number of hydrogen-bond donors (Lipinski definition) is 3. The highest BCUT2D eigenvalue weighted by atomic mass is 32.2. The second kappa shape index (κ2) is 8.95. The first-order valence-corrected chi connectivity index (χ1v) is 12.5. The summed E-state index contributed by atoms with van der Waals surface area (Å²) >= 11 is 0. The zero-order valence-corrected chi connectivity index (χ0v) is 19.3. The second-order valence-electron chi connectivity index (χ2n) is 8.64. The van der Waals surface area contributed by atoms with Gasteiger partial charge in [-0.25, -0.2) is 18.6 Å². The zero-order valence-electron chi connectivity index (χ0n) is 18.5. The third-order valence-electron chi connectivity index (χ3n) is 6.44. The first-order valence-electron chi connectivity index (χ1n) is 11.1. The van der Waals surface area contributed by atoms with Crippen molar-refractivity contribution in [2.75, 3.05) is 0 Å². The molecule has 2 bridgehead atoms. The summed E-state index contributed by atoms with van der Waals surface area (Å²) in [7, 11) is -3.91. The van der Waals surface area contributed by atoms with Crippen molar-refractivity contribution >= 4 is 26.8 Å². The largest absolute Gasteiger partial charge is 0.489 e. The van der Waals surface area contributed by atoms with Crippen molar-refractivity contribution in [3.05, 3.63) is 65.9 Å². The first kappa shape index (κ1) is 22.7. The Balaban J connectivity index is 1.29. The van der Waals surface area contributed by atoms with Gasteiger partial charge in [0.2, 0.25) is 10.0 Å². The summed E-state index contributed by atoms with van der Waals surface area (Å²) in [6.07, 6.45) is 0.499. The van der Waals surface area contributed by atoms with Crippen molar-refractivity contribution in [1.82, 2.24) is 15.2 Å². The van der Waals surface area contributed by atoms with Gasteiger partial charge in [0.15, 0.2) is 0 Å². The minimum Gasteiger partial charge on any atom is -0.489 e. The number of carbonyl (C=O) groups is 1. The van der Waals surface area contributed by atoms with Crippen molar-refractivity contribution < 1.29 is 27.9 Å². The van der Waals surface area contributed by atoms with Gasteiger partial charge in [0.25, 0.3) is 5.91 Å². The Labute approximate surface area is 197 Å². The number of nitrogens with zero attached hydrogens (tertiary/aromatic N) is 1. The van der Waals surface area contributed by atoms with E-state index in [9.17, 15) is 13.2 Å². The van der Waals surface area contributed by atoms with Gasteiger partial charge in [-0.1, -0.05) is 18.2 Å². The van der Waals surface area contributed by atoms with Crippen LogP contribution < -0.4 is 14.9 Å². The molecule has 10 heteroatoms. The van der Waals surface area contributed by atoms with E-state index in [1.165, 1.54) is 12.1 Å². The number of hydrogen-bond acceptors (Lipinski definition) is 7. The number of hydroxylamine groups is 1. The number of rotatable bonds is 7. The average molecular weight is 484 g/mol. The van der Waals surface area contributed by atoms with Crippen molar-refractivity contribution in [3.63, 3.8) is 0 Å². The van der Waals surface area contributed by atoms with Gasteiger partial charge in [-0.2, -0.15) is 0 Å². The third-order valence-corrected chi connectivity index (χ3v) is 7.91. The molecular formula is C24H25N3O6S. The molecule has 5 rings (SSSR count). The van der Waals surface area contributed by atoms with Crippen molar-refractivity contribution in [3.8, 4) is 5.75 Å². The molecule has 3 aromatic rings. The monoisotopic (exact) mass is 483 g/mol. The highest BCUT2D eigenvalue weighted by molar-refractivity contribution is 7.89. The zero-order chi connectivity index (χ0) is 23.9. The Morgan fingerprint density at radius 1 is 1.15 bits per heavy atom. The number of benzene rings is 2. The molecule has 1 amide bonds. The van der Waals surface area contributed by atoms with Gasteiger partial charge in [0.05, 0.1) is 34.6 Å². The summed E-state index contributed by atoms with van der Waals surface area (Å²) < 4.78 is 40.2. The summed E-state index contributed by atoms with van der Waals surface area (Å²) in [6.45, 7) is 2.24. The fourth-order valence-corrected chi connectivity index (χ4v) is 6.16. The lowest BCUT2D eigenvalue weighted by Gasteiger charge is -2.26. The molecule has 178 valence electrons. The highest BCUT2D eigenvalue weighted by Gasteiger charge is 2.53. The van der Waals surface area contributed by atoms with Crippen LogP contribution in [0.4, 0.5) is 0 Å². The van der Waals surface area contributed by atoms with E-state index in [0.29, 0.717) is 25.2 Å². The number of para-hydroxylation sites is 1. The van der Waals surface area contributed by atoms with Crippen LogP contribution in [0, 0.1) is 12.8 Å². The molecule has 2 aliphatic rings. The fraction of sp³-hybridized carbons (Fsp3) is 0.333. The van der Waals surface area contributed by atoms with Gasteiger partial charge < -0.3 is 9.47 Å². The summed E-state index contributed by atoms with van der Waals surface area (Å²) in [5, 5.41) is 10.0. The van der Waals surface area contributed by atoms with Crippen molar-refractivity contribution in [2.45, 2.75) is 49.5 Å². The van der Waals surface area contributed by atoms with Crippen LogP contribution in [0.2, 0.25) is 0 Å². The minimum absolute atomic E-state index is 0.0518. The Morgan fingerprint density at radius 3 is 2.65 bits per heavy atom. The van der Waals surface area contributed by atoms with Gasteiger partial charge in [-0.3, -0.25) is 15.0 Å². The molecule has 0 aliphatic carbocycles. The normalized spacial score (nSPS) is 23.8. The number of sulfonamides is 1. The predicted molar refractivity (Wildman–Crippen MR) is 123 cm³/mol. The minimum atomic E-state index is -3.91. The smallest absolute Gasteiger partial charge is 0.250 e. The lowest BCUT2D eigenvalue weighted by Crippen LogP contribution is -2.51. The molecule has 3 heterocycles. The number of ether oxygens (including phenoxy) is 2. The van der Waals surface area contributed by atoms with Crippen molar-refractivity contribution in [2.24, 2.45) is 5.92 Å². The van der Waals surface area contributed by atoms with Gasteiger partial charge in [0, 0.05) is 16.6 Å². The number of carbonyl (C=O) groups excluding carboxylic acids is 1. The lowest BCUT2D eigenvalue weighted by atomic mass is 9.84. The number of aromatic nitrogens is 1. The van der Waals surface area contributed by atoms with Crippen LogP contribution in [0.15, 0.2) is 59.5 Å². The standard InChI is InChI=1S/C24H25N3O6S/c1-14-12-15(18-4-2-3-5-19(18)25-14)13-32-16-6-8-17(9-7-16)34(30,31)27-23-21-11-10-20(33-21)22(23)24(28)26-29/h2-9,12,20-23,27,29H,10-11,13H2,1H3,(H,26,28)/t20?,21?,22-,23+/m0/s1. The quantitative estimate of drug-likeness (QED) is 0.348. The molecule has 2 aromatic carbocycles. The molecule has 1 aromatic heterocycles. The van der Waals surface area contributed by atoms with Gasteiger partial charge in [-0.05, 0) is 56.2 Å². The summed E-state index contributed by atoms with van der Waals surface area (Å²) in [4.78, 5) is 16.7. The molecule has 9 nitrogen and oxygen atoms in total. The van der Waals surface area contributed by atoms with Crippen LogP contribution in [0.25, 0.3) is 10.9 Å². The van der Waals surface area contributed by atoms with Gasteiger partial charge >= 0.3 is 0 Å². The third kappa shape index (κ3) is 4.25. The second-order valence-corrected chi connectivity index (χ2v) is 10.4. The van der Waals surface area contributed by atoms with E-state index >= 15 is 0 Å². The molecule has 3 N–H and O–H groups in total. The van der Waals surface area contributed by atoms with Crippen LogP contribution in [0.3, 0.4) is 0 Å². The summed E-state index contributed by atoms with van der Waals surface area (Å²) in [5.74, 6) is -0.902. The Bertz CT molecular complexity index is 1330. The Morgan fingerprint density at radius 2 is 1.88 bits per heavy atom. The fourth-order valence-electron chi connectivity index (χ4n) is 4.87. The Kier molecular flexibility index (Phi) is 5.98. The summed E-state index contributed by atoms with van der Waals surface area (Å²) in [6, 6.07) is 15.2. The van der Waals surface area contributed by atoms with Crippen LogP contribution in [0.1, 0.15) is 24.1 Å². The molecule has 2 aliphatic heterocycles. The SMILES string of the molecule is Cc1cc(COc2ccc(S(=O)(=O)N[C@@H]3C4CCC(O4)[C@@H]3C(=O)NO)cc2)c2ccccc2n1. The maximum absolute atomic E-state index is 13.0. The van der Waals surface area contributed by atoms with Gasteiger partial charge in [-0.15, -0.1) is 0 Å². The van der Waals surface area contributed by atoms with Crippen molar-refractivity contribution in [1.29, 1.82) is 0 Å². The number of pyridine rings is 1. The molecule has 34 heavy (non-hydrogen) atoms. The lowest BCUT2D eigenvalue weighted by molar-refractivity contribution is -0.135. The van der Waals surface area contributed by atoms with E-state index in [1.54, 1.807) is 17.6 Å². The molecule has 4 atom stereocenters. The number of aryl methyl sites for hydroxylation is 1. The number of fused-ring (bicyclic) bond motifs is 3. The van der Waals surface area contributed by atoms with E-state index in [2.05, 4.69) is 9.71 Å². The van der Waals surface area contributed by atoms with Gasteiger partial charge in [0.1, 0.15) is 12.4 Å². The number of amides is 1. The average Bonchev–Trinajstić information content (AvgIpc) is 3.44. The maximum Gasteiger partial charge on any atom is 0.250 e. The first-order chi connectivity index (χ1) is 16.4. The van der Waals surface area contributed by atoms with E-state index in [4.69, 9.17) is 14.7 Å². The molecule has 2 saturated heterocycles. The molecule has 0 radical (unpaired) electrons. The van der Waals surface area contributed by atoms with Crippen LogP contribution in [-0.2, 0) is 26.2 Å². The molecular weight excluding hydrogens is 458 g/mol. The van der Waals surface area contributed by atoms with E-state index in [-0.39, 0.29) is 4.90 Å². The van der Waals surface area contributed by atoms with E-state index < -0.39 is 40.1 Å². The van der Waals surface area contributed by atoms with E-state index in [0.717, 1.165) is 22.2 Å². The van der Waals surface area contributed by atoms with Crippen LogP contribution in [0.5, 0.6) is 5.75 Å². The molecule has 0 spiro atoms. The molecule has 2 unspecified atom stereocenters. The van der Waals surface area contributed by atoms with Crippen LogP contribution in [-0.4, -0.2) is 42.8 Å². The summed E-state index contributed by atoms with van der Waals surface area (Å²) in [5.41, 5.74) is 4.40. The highest BCUT2D eigenvalue weighted by Crippen LogP contribution is 2.40. The maximum atomic E-state index is 13.0. The molecule has 2 fully saturated rings.